The van der Waals surface area contributed by atoms with Gasteiger partial charge in [0.1, 0.15) is 11.5 Å². The van der Waals surface area contributed by atoms with Gasteiger partial charge in [0.15, 0.2) is 0 Å². The molecule has 0 radical (unpaired) electrons. The highest BCUT2D eigenvalue weighted by molar-refractivity contribution is 5.85. The third-order valence-corrected chi connectivity index (χ3v) is 2.14. The summed E-state index contributed by atoms with van der Waals surface area (Å²) in [5.41, 5.74) is 0.428. The maximum absolute atomic E-state index is 11.4. The van der Waals surface area contributed by atoms with Crippen LogP contribution in [0.3, 0.4) is 0 Å². The van der Waals surface area contributed by atoms with Crippen LogP contribution in [-0.4, -0.2) is 18.2 Å². The maximum Gasteiger partial charge on any atom is 0.342 e. The molecule has 5 nitrogen and oxygen atoms in total. The number of aliphatic carboxylic acids is 1. The van der Waals surface area contributed by atoms with E-state index in [-0.39, 0.29) is 5.76 Å². The van der Waals surface area contributed by atoms with Gasteiger partial charge >= 0.3 is 11.6 Å². The van der Waals surface area contributed by atoms with Crippen LogP contribution in [0.15, 0.2) is 15.3 Å². The summed E-state index contributed by atoms with van der Waals surface area (Å²) in [6.45, 7) is 3.28. The van der Waals surface area contributed by atoms with Gasteiger partial charge in [-0.15, -0.1) is 0 Å². The van der Waals surface area contributed by atoms with Gasteiger partial charge in [0.05, 0.1) is 12.7 Å². The van der Waals surface area contributed by atoms with Gasteiger partial charge in [-0.1, -0.05) is 0 Å². The van der Waals surface area contributed by atoms with Crippen molar-refractivity contribution in [3.05, 3.63) is 33.4 Å². The van der Waals surface area contributed by atoms with Gasteiger partial charge in [0.2, 0.25) is 0 Å². The Balaban J connectivity index is 3.37. The van der Waals surface area contributed by atoms with Crippen molar-refractivity contribution in [2.75, 3.05) is 7.11 Å². The molecule has 86 valence electrons. The molecule has 0 unspecified atom stereocenters. The van der Waals surface area contributed by atoms with Crippen LogP contribution < -0.4 is 10.4 Å². The third-order valence-electron chi connectivity index (χ3n) is 2.14. The molecule has 1 aromatic heterocycles. The van der Waals surface area contributed by atoms with Crippen LogP contribution in [0.1, 0.15) is 16.9 Å². The number of carbonyl (C=O) groups is 1. The van der Waals surface area contributed by atoms with Crippen molar-refractivity contribution in [2.45, 2.75) is 13.8 Å². The maximum atomic E-state index is 11.4. The van der Waals surface area contributed by atoms with Crippen molar-refractivity contribution in [1.29, 1.82) is 0 Å². The van der Waals surface area contributed by atoms with Crippen LogP contribution in [0.25, 0.3) is 6.08 Å². The molecule has 1 heterocycles. The Morgan fingerprint density at radius 2 is 2.00 bits per heavy atom. The van der Waals surface area contributed by atoms with Gasteiger partial charge in [0, 0.05) is 11.6 Å². The zero-order valence-corrected chi connectivity index (χ0v) is 9.23. The molecule has 1 N–H and O–H groups in total. The molecule has 0 aliphatic carbocycles. The van der Waals surface area contributed by atoms with Gasteiger partial charge in [-0.3, -0.25) is 0 Å². The molecule has 1 rings (SSSR count). The van der Waals surface area contributed by atoms with Gasteiger partial charge in [-0.2, -0.15) is 0 Å². The number of carboxylic acids is 1. The summed E-state index contributed by atoms with van der Waals surface area (Å²) >= 11 is 0. The van der Waals surface area contributed by atoms with Gasteiger partial charge in [-0.25, -0.2) is 9.59 Å². The van der Waals surface area contributed by atoms with Gasteiger partial charge in [-0.05, 0) is 19.9 Å². The molecule has 0 bridgehead atoms. The van der Waals surface area contributed by atoms with Crippen LogP contribution in [0, 0.1) is 13.8 Å². The zero-order chi connectivity index (χ0) is 12.3. The highest BCUT2D eigenvalue weighted by Gasteiger charge is 2.12. The lowest BCUT2D eigenvalue weighted by atomic mass is 10.1. The molecule has 5 heteroatoms. The van der Waals surface area contributed by atoms with E-state index in [1.54, 1.807) is 13.8 Å². The molecule has 0 saturated heterocycles. The lowest BCUT2D eigenvalue weighted by molar-refractivity contribution is -0.131. The second-order valence-electron chi connectivity index (χ2n) is 3.21. The Morgan fingerprint density at radius 3 is 2.50 bits per heavy atom. The first-order valence-electron chi connectivity index (χ1n) is 4.56. The van der Waals surface area contributed by atoms with Crippen LogP contribution in [0.4, 0.5) is 0 Å². The fourth-order valence-electron chi connectivity index (χ4n) is 1.35. The molecule has 0 saturated carbocycles. The standard InChI is InChI=1S/C11H12O5/c1-6-8(4-5-9(12)13)16-11(14)7(2)10(6)15-3/h4-5H,1-3H3,(H,12,13). The SMILES string of the molecule is COc1c(C)c(C=CC(=O)O)oc(=O)c1C. The van der Waals surface area contributed by atoms with E-state index in [4.69, 9.17) is 14.3 Å². The summed E-state index contributed by atoms with van der Waals surface area (Å²) in [6.07, 6.45) is 2.13. The molecule has 0 spiro atoms. The molecule has 0 amide bonds. The lowest BCUT2D eigenvalue weighted by Gasteiger charge is -2.08. The van der Waals surface area contributed by atoms with Gasteiger partial charge in [0.25, 0.3) is 0 Å². The van der Waals surface area contributed by atoms with Crippen LogP contribution in [-0.2, 0) is 4.79 Å². The minimum absolute atomic E-state index is 0.190. The van der Waals surface area contributed by atoms with E-state index in [0.717, 1.165) is 6.08 Å². The van der Waals surface area contributed by atoms with Crippen molar-refractivity contribution < 1.29 is 19.1 Å². The Morgan fingerprint density at radius 1 is 1.38 bits per heavy atom. The highest BCUT2D eigenvalue weighted by atomic mass is 16.5. The smallest absolute Gasteiger partial charge is 0.342 e. The van der Waals surface area contributed by atoms with E-state index in [1.807, 2.05) is 0 Å². The Labute approximate surface area is 92.0 Å². The second kappa shape index (κ2) is 4.65. The van der Waals surface area contributed by atoms with Crippen LogP contribution in [0.2, 0.25) is 0 Å². The number of ether oxygens (including phenoxy) is 1. The first-order chi connectivity index (χ1) is 7.47. The monoisotopic (exact) mass is 224 g/mol. The topological polar surface area (TPSA) is 76.7 Å². The third kappa shape index (κ3) is 2.31. The summed E-state index contributed by atoms with van der Waals surface area (Å²) in [5, 5.41) is 8.48. The fourth-order valence-corrected chi connectivity index (χ4v) is 1.35. The highest BCUT2D eigenvalue weighted by Crippen LogP contribution is 2.23. The number of hydrogen-bond donors (Lipinski definition) is 1. The zero-order valence-electron chi connectivity index (χ0n) is 9.23. The Bertz CT molecular complexity index is 496. The van der Waals surface area contributed by atoms with Crippen LogP contribution in [0.5, 0.6) is 5.75 Å². The van der Waals surface area contributed by atoms with E-state index in [2.05, 4.69) is 0 Å². The largest absolute Gasteiger partial charge is 0.496 e. The van der Waals surface area contributed by atoms with Crippen molar-refractivity contribution in [3.8, 4) is 5.75 Å². The van der Waals surface area contributed by atoms with E-state index < -0.39 is 11.6 Å². The summed E-state index contributed by atoms with van der Waals surface area (Å²) < 4.78 is 10.0. The minimum atomic E-state index is -1.11. The number of methoxy groups -OCH3 is 1. The molecular formula is C11H12O5. The molecule has 0 aliphatic rings. The predicted octanol–water partition coefficient (Wildman–Crippen LogP) is 1.36. The Hall–Kier alpha value is -2.04. The number of hydrogen-bond acceptors (Lipinski definition) is 4. The van der Waals surface area contributed by atoms with E-state index >= 15 is 0 Å². The molecule has 1 aromatic rings. The molecule has 0 atom stereocenters. The van der Waals surface area contributed by atoms with E-state index in [0.29, 0.717) is 16.9 Å². The quantitative estimate of drug-likeness (QED) is 0.784. The van der Waals surface area contributed by atoms with E-state index in [1.165, 1.54) is 13.2 Å². The average Bonchev–Trinajstić information content (AvgIpc) is 2.22. The normalized spacial score (nSPS) is 10.7. The molecule has 0 fully saturated rings. The average molecular weight is 224 g/mol. The predicted molar refractivity (Wildman–Crippen MR) is 57.7 cm³/mol. The van der Waals surface area contributed by atoms with Crippen molar-refractivity contribution >= 4 is 12.0 Å². The molecular weight excluding hydrogens is 212 g/mol. The van der Waals surface area contributed by atoms with Crippen LogP contribution >= 0.6 is 0 Å². The number of carboxylic acid groups (broad SMARTS) is 1. The molecule has 0 aromatic carbocycles. The lowest BCUT2D eigenvalue weighted by Crippen LogP contribution is -2.08. The van der Waals surface area contributed by atoms with E-state index in [9.17, 15) is 9.59 Å². The number of rotatable bonds is 3. The van der Waals surface area contributed by atoms with Crippen molar-refractivity contribution in [2.24, 2.45) is 0 Å². The summed E-state index contributed by atoms with van der Waals surface area (Å²) in [6, 6.07) is 0. The van der Waals surface area contributed by atoms with Gasteiger partial charge < -0.3 is 14.3 Å². The molecule has 16 heavy (non-hydrogen) atoms. The summed E-state index contributed by atoms with van der Waals surface area (Å²) in [4.78, 5) is 21.7. The second-order valence-corrected chi connectivity index (χ2v) is 3.21. The first-order valence-corrected chi connectivity index (χ1v) is 4.56. The first kappa shape index (κ1) is 12.0. The van der Waals surface area contributed by atoms with Crippen molar-refractivity contribution in [1.82, 2.24) is 0 Å². The summed E-state index contributed by atoms with van der Waals surface area (Å²) in [7, 11) is 1.44. The Kier molecular flexibility index (Phi) is 3.50. The van der Waals surface area contributed by atoms with Crippen molar-refractivity contribution in [3.63, 3.8) is 0 Å². The fraction of sp³-hybridized carbons (Fsp3) is 0.273. The summed E-state index contributed by atoms with van der Waals surface area (Å²) in [5.74, 6) is -0.502. The minimum Gasteiger partial charge on any atom is -0.496 e. The molecule has 0 aliphatic heterocycles.